The van der Waals surface area contributed by atoms with Gasteiger partial charge in [-0.25, -0.2) is 0 Å². The van der Waals surface area contributed by atoms with Crippen LogP contribution in [0, 0.1) is 31.8 Å². The van der Waals surface area contributed by atoms with Crippen molar-refractivity contribution in [2.45, 2.75) is 151 Å². The summed E-state index contributed by atoms with van der Waals surface area (Å²) in [6.45, 7) is 39.2. The Bertz CT molecular complexity index is 4220. The van der Waals surface area contributed by atoms with E-state index in [1.165, 1.54) is 95.8 Å². The number of pyridine rings is 1. The van der Waals surface area contributed by atoms with E-state index >= 15 is 0 Å². The standard InChI is InChI=1S/C64H67BN3O.C13H11FN.Ir/c1-37(2)44-23-19-24-45(38(3)4)57(44)68-58-46(25-20-26-51(58)66-60(68)39-21-17-16-18-22-39)40-31-53-56-55(32-40)69-54-30-28-42(62(8,9)10)35-49(54)65(56)50-36-43(63(11,12)13)34-48-59(50)67(53)52-29-27-41(61(5,6)7)33-47(52)64(48,14)15;1-9-7-13(15-8-10(9)2)11-3-5-12(14)6-4-11;/h16-21,23-38H,1-15H3;3,5-8H,1-2H3;/q2*-1;. The zero-order valence-electron chi connectivity index (χ0n) is 52.6. The molecule has 0 saturated carbocycles. The summed E-state index contributed by atoms with van der Waals surface area (Å²) in [5.74, 6) is 3.01. The maximum atomic E-state index is 12.7. The van der Waals surface area contributed by atoms with Gasteiger partial charge in [-0.2, -0.15) is 0 Å². The molecule has 0 unspecified atom stereocenters. The number of benzene rings is 8. The molecule has 0 atom stereocenters. The second-order valence-corrected chi connectivity index (χ2v) is 28.0. The van der Waals surface area contributed by atoms with E-state index in [0.717, 1.165) is 61.9 Å². The van der Waals surface area contributed by atoms with E-state index in [-0.39, 0.29) is 66.1 Å². The number of imidazole rings is 1. The minimum absolute atomic E-state index is 0. The van der Waals surface area contributed by atoms with E-state index < -0.39 is 0 Å². The van der Waals surface area contributed by atoms with Crippen molar-refractivity contribution in [1.29, 1.82) is 0 Å². The van der Waals surface area contributed by atoms with Gasteiger partial charge in [-0.15, -0.1) is 65.7 Å². The summed E-state index contributed by atoms with van der Waals surface area (Å²) in [7, 11) is 0. The Morgan fingerprint density at radius 3 is 1.89 bits per heavy atom. The van der Waals surface area contributed by atoms with Crippen LogP contribution in [0.4, 0.5) is 21.5 Å². The molecule has 0 amide bonds. The number of aryl methyl sites for hydroxylation is 2. The number of fused-ring (bicyclic) bond motifs is 7. The summed E-state index contributed by atoms with van der Waals surface area (Å²) in [5, 5.41) is 0. The van der Waals surface area contributed by atoms with Crippen LogP contribution in [-0.2, 0) is 41.8 Å². The van der Waals surface area contributed by atoms with Crippen molar-refractivity contribution in [3.05, 3.63) is 220 Å². The van der Waals surface area contributed by atoms with Crippen molar-refractivity contribution >= 4 is 51.2 Å². The fourth-order valence-corrected chi connectivity index (χ4v) is 12.9. The Labute approximate surface area is 518 Å². The van der Waals surface area contributed by atoms with Crippen LogP contribution in [0.25, 0.3) is 50.5 Å². The SMILES string of the molecule is CC(C)c1cccc(C(C)C)c1-n1c(-c2[c-]cccc2)nc2cccc(-c3cc4c5c(c3)N3c6ccc(C(C)(C)C)cc6C(C)(C)c6cc(C(C)(C)C)cc(c63)B5c3cc(C(C)(C)C)ccc3O4)c21.Cc1cnc(-c2[c-]cc(F)cc2)cc1C.[Ir]. The van der Waals surface area contributed by atoms with Gasteiger partial charge in [0.15, 0.2) is 0 Å². The molecule has 13 rings (SSSR count). The van der Waals surface area contributed by atoms with Gasteiger partial charge in [0.2, 0.25) is 0 Å². The molecule has 0 saturated heterocycles. The number of hydrogen-bond acceptors (Lipinski definition) is 4. The predicted molar refractivity (Wildman–Crippen MR) is 351 cm³/mol. The molecule has 0 spiro atoms. The first-order valence-corrected chi connectivity index (χ1v) is 30.1. The maximum absolute atomic E-state index is 12.7. The molecule has 3 aliphatic heterocycles. The van der Waals surface area contributed by atoms with Crippen molar-refractivity contribution < 1.29 is 29.2 Å². The van der Waals surface area contributed by atoms with Gasteiger partial charge < -0.3 is 19.2 Å². The summed E-state index contributed by atoms with van der Waals surface area (Å²) >= 11 is 0. The van der Waals surface area contributed by atoms with E-state index in [1.807, 2.05) is 38.2 Å². The molecule has 85 heavy (non-hydrogen) atoms. The molecule has 433 valence electrons. The zero-order valence-corrected chi connectivity index (χ0v) is 55.0. The van der Waals surface area contributed by atoms with E-state index in [4.69, 9.17) is 9.72 Å². The van der Waals surface area contributed by atoms with Gasteiger partial charge >= 0.3 is 0 Å². The van der Waals surface area contributed by atoms with Crippen LogP contribution in [0.15, 0.2) is 152 Å². The van der Waals surface area contributed by atoms with Crippen molar-refractivity contribution in [2.24, 2.45) is 0 Å². The van der Waals surface area contributed by atoms with Gasteiger partial charge in [-0.05, 0) is 144 Å². The second-order valence-electron chi connectivity index (χ2n) is 28.0. The molecule has 3 aliphatic rings. The van der Waals surface area contributed by atoms with Gasteiger partial charge in [0, 0.05) is 60.2 Å². The van der Waals surface area contributed by atoms with Crippen LogP contribution in [0.2, 0.25) is 0 Å². The second kappa shape index (κ2) is 21.5. The third-order valence-electron chi connectivity index (χ3n) is 18.0. The van der Waals surface area contributed by atoms with Crippen molar-refractivity contribution in [3.8, 4) is 51.0 Å². The summed E-state index contributed by atoms with van der Waals surface area (Å²) in [4.78, 5) is 12.4. The largest absolute Gasteiger partial charge is 0.458 e. The number of ether oxygens (including phenoxy) is 1. The predicted octanol–water partition coefficient (Wildman–Crippen LogP) is 18.6. The number of hydrogen-bond donors (Lipinski definition) is 0. The third kappa shape index (κ3) is 10.3. The van der Waals surface area contributed by atoms with Crippen molar-refractivity contribution in [2.75, 3.05) is 4.90 Å². The third-order valence-corrected chi connectivity index (χ3v) is 18.0. The molecule has 1 radical (unpaired) electrons. The average molecular weight is 1300 g/mol. The van der Waals surface area contributed by atoms with Crippen LogP contribution in [0.5, 0.6) is 11.5 Å². The maximum Gasteiger partial charge on any atom is 0.256 e. The molecule has 0 N–H and O–H groups in total. The van der Waals surface area contributed by atoms with E-state index in [0.29, 0.717) is 0 Å². The molecule has 8 heteroatoms. The Kier molecular flexibility index (Phi) is 15.0. The molecule has 0 fully saturated rings. The van der Waals surface area contributed by atoms with Gasteiger partial charge in [0.25, 0.3) is 6.71 Å². The number of rotatable bonds is 6. The van der Waals surface area contributed by atoms with E-state index in [9.17, 15) is 4.39 Å². The Morgan fingerprint density at radius 1 is 0.600 bits per heavy atom. The fourth-order valence-electron chi connectivity index (χ4n) is 12.9. The monoisotopic (exact) mass is 1300 g/mol. The Morgan fingerprint density at radius 2 is 1.26 bits per heavy atom. The number of nitrogens with zero attached hydrogens (tertiary/aromatic N) is 4. The first kappa shape index (κ1) is 59.4. The molecule has 5 heterocycles. The van der Waals surface area contributed by atoms with Crippen molar-refractivity contribution in [1.82, 2.24) is 14.5 Å². The molecular formula is C77H78BFIrN4O-2. The summed E-state index contributed by atoms with van der Waals surface area (Å²) < 4.78 is 22.5. The van der Waals surface area contributed by atoms with Gasteiger partial charge in [0.1, 0.15) is 11.5 Å². The van der Waals surface area contributed by atoms with Gasteiger partial charge in [-0.1, -0.05) is 182 Å². The van der Waals surface area contributed by atoms with Crippen LogP contribution in [0.1, 0.15) is 166 Å². The number of halogens is 1. The molecule has 10 aromatic rings. The van der Waals surface area contributed by atoms with Gasteiger partial charge in [-0.3, -0.25) is 9.37 Å². The molecule has 8 aromatic carbocycles. The Balaban J connectivity index is 0.000000409. The van der Waals surface area contributed by atoms with E-state index in [1.54, 1.807) is 6.07 Å². The number of para-hydroxylation sites is 2. The zero-order chi connectivity index (χ0) is 59.7. The minimum atomic E-state index is -0.279. The summed E-state index contributed by atoms with van der Waals surface area (Å²) in [6.07, 6.45) is 1.82. The van der Waals surface area contributed by atoms with Crippen LogP contribution in [0.3, 0.4) is 0 Å². The Hall–Kier alpha value is -7.38. The minimum Gasteiger partial charge on any atom is -0.458 e. The summed E-state index contributed by atoms with van der Waals surface area (Å²) in [6, 6.07) is 58.8. The smallest absolute Gasteiger partial charge is 0.256 e. The van der Waals surface area contributed by atoms with Gasteiger partial charge in [0.05, 0.1) is 22.5 Å². The first-order chi connectivity index (χ1) is 39.7. The fraction of sp³-hybridized carbons (Fsp3) is 0.299. The first-order valence-electron chi connectivity index (χ1n) is 30.1. The molecule has 0 bridgehead atoms. The molecular weight excluding hydrogens is 1220 g/mol. The van der Waals surface area contributed by atoms with Crippen LogP contribution >= 0.6 is 0 Å². The number of aromatic nitrogens is 3. The average Bonchev–Trinajstić information content (AvgIpc) is 1.18. The normalized spacial score (nSPS) is 13.8. The quantitative estimate of drug-likeness (QED) is 0.123. The molecule has 0 aliphatic carbocycles. The molecule has 5 nitrogen and oxygen atoms in total. The van der Waals surface area contributed by atoms with Crippen LogP contribution in [-0.4, -0.2) is 21.2 Å². The van der Waals surface area contributed by atoms with Crippen molar-refractivity contribution in [3.63, 3.8) is 0 Å². The summed E-state index contributed by atoms with van der Waals surface area (Å²) in [5.41, 5.74) is 26.8. The topological polar surface area (TPSA) is 43.2 Å². The van der Waals surface area contributed by atoms with E-state index in [2.05, 4.69) is 240 Å². The number of anilines is 3. The molecule has 2 aromatic heterocycles. The van der Waals surface area contributed by atoms with Crippen LogP contribution < -0.4 is 26.0 Å².